The molecule has 1 aromatic heterocycles. The zero-order valence-electron chi connectivity index (χ0n) is 15.1. The highest BCUT2D eigenvalue weighted by atomic mass is 35.5. The molecule has 2 N–H and O–H groups in total. The molecule has 0 bridgehead atoms. The second kappa shape index (κ2) is 9.11. The van der Waals surface area contributed by atoms with Crippen molar-refractivity contribution in [1.29, 1.82) is 0 Å². The Kier molecular flexibility index (Phi) is 6.58. The maximum Gasteiger partial charge on any atom is 0.255 e. The summed E-state index contributed by atoms with van der Waals surface area (Å²) in [6.45, 7) is 0.540. The second-order valence-electron chi connectivity index (χ2n) is 6.38. The summed E-state index contributed by atoms with van der Waals surface area (Å²) in [6.07, 6.45) is 6.43. The third-order valence-corrected chi connectivity index (χ3v) is 5.73. The van der Waals surface area contributed by atoms with E-state index in [1.165, 1.54) is 7.11 Å². The number of nitrogens with one attached hydrogen (secondary N) is 1. The first-order valence-corrected chi connectivity index (χ1v) is 10.1. The van der Waals surface area contributed by atoms with Crippen LogP contribution in [0.25, 0.3) is 5.57 Å². The lowest BCUT2D eigenvalue weighted by molar-refractivity contribution is 0.0949. The number of rotatable bonds is 6. The van der Waals surface area contributed by atoms with Gasteiger partial charge in [0, 0.05) is 28.4 Å². The van der Waals surface area contributed by atoms with E-state index >= 15 is 0 Å². The number of thiophene rings is 1. The molecular formula is C21H22ClNO3S. The summed E-state index contributed by atoms with van der Waals surface area (Å²) in [5, 5.41) is 15.8. The fraction of sp³-hybridized carbons (Fsp3) is 0.286. The Balaban J connectivity index is 1.56. The van der Waals surface area contributed by atoms with Crippen LogP contribution in [0.5, 0.6) is 5.75 Å². The Morgan fingerprint density at radius 2 is 2.26 bits per heavy atom. The summed E-state index contributed by atoms with van der Waals surface area (Å²) in [6, 6.07) is 8.98. The number of carbonyl (C=O) groups is 1. The number of halogens is 1. The quantitative estimate of drug-likeness (QED) is 0.672. The lowest BCUT2D eigenvalue weighted by Gasteiger charge is -2.13. The number of hydrogen-bond donors (Lipinski definition) is 2. The van der Waals surface area contributed by atoms with E-state index in [-0.39, 0.29) is 5.91 Å². The molecule has 27 heavy (non-hydrogen) atoms. The van der Waals surface area contributed by atoms with E-state index in [9.17, 15) is 9.90 Å². The predicted octanol–water partition coefficient (Wildman–Crippen LogP) is 5.47. The average Bonchev–Trinajstić information content (AvgIpc) is 3.13. The number of aliphatic hydroxyl groups excluding tert-OH is 1. The summed E-state index contributed by atoms with van der Waals surface area (Å²) in [5.74, 6) is 1.03. The van der Waals surface area contributed by atoms with Gasteiger partial charge in [-0.3, -0.25) is 4.79 Å². The van der Waals surface area contributed by atoms with Gasteiger partial charge in [-0.2, -0.15) is 0 Å². The normalized spacial score (nSPS) is 16.9. The molecule has 0 fully saturated rings. The number of ether oxygens (including phenoxy) is 1. The van der Waals surface area contributed by atoms with Gasteiger partial charge in [0.2, 0.25) is 0 Å². The lowest BCUT2D eigenvalue weighted by Crippen LogP contribution is -2.26. The molecule has 2 aromatic rings. The summed E-state index contributed by atoms with van der Waals surface area (Å²) in [4.78, 5) is 13.5. The molecule has 0 saturated carbocycles. The van der Waals surface area contributed by atoms with Crippen LogP contribution in [0, 0.1) is 5.92 Å². The highest BCUT2D eigenvalue weighted by molar-refractivity contribution is 7.11. The van der Waals surface area contributed by atoms with Gasteiger partial charge in [-0.05, 0) is 48.4 Å². The number of amides is 1. The molecule has 0 spiro atoms. The number of allylic oxidation sites excluding steroid dienone is 4. The van der Waals surface area contributed by atoms with Gasteiger partial charge in [-0.25, -0.2) is 0 Å². The zero-order valence-corrected chi connectivity index (χ0v) is 16.6. The number of aliphatic hydroxyl groups is 1. The van der Waals surface area contributed by atoms with Gasteiger partial charge in [0.1, 0.15) is 11.5 Å². The topological polar surface area (TPSA) is 58.6 Å². The zero-order chi connectivity index (χ0) is 19.2. The van der Waals surface area contributed by atoms with Crippen LogP contribution in [-0.2, 0) is 0 Å². The number of benzene rings is 1. The Morgan fingerprint density at radius 1 is 1.41 bits per heavy atom. The molecular weight excluding hydrogens is 382 g/mol. The van der Waals surface area contributed by atoms with E-state index in [0.717, 1.165) is 23.3 Å². The smallest absolute Gasteiger partial charge is 0.255 e. The Labute approximate surface area is 168 Å². The highest BCUT2D eigenvalue weighted by Gasteiger charge is 2.16. The van der Waals surface area contributed by atoms with Crippen molar-refractivity contribution in [3.63, 3.8) is 0 Å². The molecule has 0 saturated heterocycles. The van der Waals surface area contributed by atoms with Crippen molar-refractivity contribution in [2.75, 3.05) is 13.7 Å². The monoisotopic (exact) mass is 403 g/mol. The van der Waals surface area contributed by atoms with Gasteiger partial charge < -0.3 is 15.2 Å². The van der Waals surface area contributed by atoms with Crippen LogP contribution in [0.1, 0.15) is 34.5 Å². The molecule has 1 aromatic carbocycles. The molecule has 1 heterocycles. The minimum absolute atomic E-state index is 0.202. The van der Waals surface area contributed by atoms with E-state index in [4.69, 9.17) is 16.3 Å². The summed E-state index contributed by atoms with van der Waals surface area (Å²) in [5.41, 5.74) is 1.33. The van der Waals surface area contributed by atoms with Crippen LogP contribution in [0.2, 0.25) is 5.02 Å². The van der Waals surface area contributed by atoms with Crippen LogP contribution < -0.4 is 10.1 Å². The maximum absolute atomic E-state index is 12.4. The van der Waals surface area contributed by atoms with Crippen molar-refractivity contribution >= 4 is 34.4 Å². The fourth-order valence-electron chi connectivity index (χ4n) is 3.10. The van der Waals surface area contributed by atoms with Crippen molar-refractivity contribution in [2.45, 2.75) is 19.3 Å². The highest BCUT2D eigenvalue weighted by Crippen LogP contribution is 2.31. The van der Waals surface area contributed by atoms with Crippen molar-refractivity contribution in [1.82, 2.24) is 5.32 Å². The maximum atomic E-state index is 12.4. The van der Waals surface area contributed by atoms with Crippen molar-refractivity contribution in [2.24, 2.45) is 5.92 Å². The van der Waals surface area contributed by atoms with E-state index in [2.05, 4.69) is 11.4 Å². The first-order valence-electron chi connectivity index (χ1n) is 8.84. The van der Waals surface area contributed by atoms with Crippen molar-refractivity contribution < 1.29 is 14.6 Å². The Bertz CT molecular complexity index is 858. The van der Waals surface area contributed by atoms with Crippen molar-refractivity contribution in [3.05, 3.63) is 69.1 Å². The summed E-state index contributed by atoms with van der Waals surface area (Å²) >= 11 is 7.61. The summed E-state index contributed by atoms with van der Waals surface area (Å²) in [7, 11) is 1.53. The summed E-state index contributed by atoms with van der Waals surface area (Å²) < 4.78 is 5.23. The molecule has 6 heteroatoms. The van der Waals surface area contributed by atoms with E-state index in [1.54, 1.807) is 29.5 Å². The number of carbonyl (C=O) groups excluding carboxylic acids is 1. The van der Waals surface area contributed by atoms with Gasteiger partial charge in [-0.1, -0.05) is 29.8 Å². The van der Waals surface area contributed by atoms with Crippen LogP contribution in [0.4, 0.5) is 0 Å². The van der Waals surface area contributed by atoms with Gasteiger partial charge >= 0.3 is 0 Å². The molecule has 4 nitrogen and oxygen atoms in total. The van der Waals surface area contributed by atoms with E-state index in [1.807, 2.05) is 23.6 Å². The molecule has 3 rings (SSSR count). The van der Waals surface area contributed by atoms with Gasteiger partial charge in [-0.15, -0.1) is 11.3 Å². The molecule has 1 unspecified atom stereocenters. The average molecular weight is 404 g/mol. The van der Waals surface area contributed by atoms with E-state index in [0.29, 0.717) is 41.0 Å². The second-order valence-corrected chi connectivity index (χ2v) is 7.77. The fourth-order valence-corrected chi connectivity index (χ4v) is 4.05. The van der Waals surface area contributed by atoms with Crippen LogP contribution in [-0.4, -0.2) is 24.7 Å². The number of hydrogen-bond acceptors (Lipinski definition) is 4. The molecule has 1 amide bonds. The molecule has 0 aliphatic heterocycles. The SMILES string of the molecule is COc1ccc(Cl)cc1C(=O)NCCC1C=CC(c2cccs2)=C(O)CC1. The van der Waals surface area contributed by atoms with Crippen LogP contribution in [0.15, 0.2) is 53.6 Å². The van der Waals surface area contributed by atoms with E-state index < -0.39 is 0 Å². The van der Waals surface area contributed by atoms with Crippen molar-refractivity contribution in [3.8, 4) is 5.75 Å². The van der Waals surface area contributed by atoms with Gasteiger partial charge in [0.05, 0.1) is 12.7 Å². The standard InChI is InChI=1S/C21H22ClNO3S/c1-26-19-9-6-15(22)13-17(19)21(25)23-11-10-14-4-7-16(18(24)8-5-14)20-3-2-12-27-20/h2-4,6-7,9,12-14,24H,5,8,10-11H2,1H3,(H,23,25). The predicted molar refractivity (Wildman–Crippen MR) is 111 cm³/mol. The van der Waals surface area contributed by atoms with Crippen LogP contribution >= 0.6 is 22.9 Å². The minimum Gasteiger partial charge on any atom is -0.512 e. The minimum atomic E-state index is -0.202. The first kappa shape index (κ1) is 19.5. The molecule has 1 aliphatic rings. The molecule has 1 aliphatic carbocycles. The van der Waals surface area contributed by atoms with Crippen LogP contribution in [0.3, 0.4) is 0 Å². The van der Waals surface area contributed by atoms with Gasteiger partial charge in [0.25, 0.3) is 5.91 Å². The first-order chi connectivity index (χ1) is 13.1. The Hall–Kier alpha value is -2.24. The lowest BCUT2D eigenvalue weighted by atomic mass is 10.00. The molecule has 1 atom stereocenters. The third-order valence-electron chi connectivity index (χ3n) is 4.59. The third kappa shape index (κ3) is 4.93. The van der Waals surface area contributed by atoms with Gasteiger partial charge in [0.15, 0.2) is 0 Å². The largest absolute Gasteiger partial charge is 0.512 e. The Morgan fingerprint density at radius 3 is 3.00 bits per heavy atom. The molecule has 0 radical (unpaired) electrons. The molecule has 142 valence electrons. The number of methoxy groups -OCH3 is 1.